The molecule has 1 amide bonds. The van der Waals surface area contributed by atoms with E-state index in [9.17, 15) is 4.79 Å². The van der Waals surface area contributed by atoms with Gasteiger partial charge in [-0.15, -0.1) is 0 Å². The van der Waals surface area contributed by atoms with Crippen molar-refractivity contribution in [2.24, 2.45) is 12.5 Å². The molecular weight excluding hydrogens is 326 g/mol. The van der Waals surface area contributed by atoms with Crippen molar-refractivity contribution in [3.8, 4) is 6.07 Å². The second-order valence-corrected chi connectivity index (χ2v) is 7.45. The molecule has 2 aromatic rings. The van der Waals surface area contributed by atoms with Crippen molar-refractivity contribution in [1.82, 2.24) is 14.7 Å². The second-order valence-electron chi connectivity index (χ2n) is 7.45. The molecule has 3 heterocycles. The SMILES string of the molecule is Cn1cc(N2CCC3(CCN(Cc4cccc(C#N)c4)CC3)C2=O)cn1. The van der Waals surface area contributed by atoms with Crippen LogP contribution in [0.5, 0.6) is 0 Å². The van der Waals surface area contributed by atoms with Crippen LogP contribution in [0.25, 0.3) is 0 Å². The number of hydrogen-bond acceptors (Lipinski definition) is 4. The minimum atomic E-state index is -0.207. The maximum Gasteiger partial charge on any atom is 0.233 e. The first-order valence-electron chi connectivity index (χ1n) is 9.12. The van der Waals surface area contributed by atoms with Gasteiger partial charge in [-0.2, -0.15) is 10.4 Å². The molecule has 0 N–H and O–H groups in total. The summed E-state index contributed by atoms with van der Waals surface area (Å²) >= 11 is 0. The Morgan fingerprint density at radius 3 is 2.69 bits per heavy atom. The number of piperidine rings is 1. The largest absolute Gasteiger partial charge is 0.309 e. The summed E-state index contributed by atoms with van der Waals surface area (Å²) in [4.78, 5) is 17.4. The van der Waals surface area contributed by atoms with Gasteiger partial charge in [0.1, 0.15) is 0 Å². The molecule has 1 spiro atoms. The van der Waals surface area contributed by atoms with Crippen molar-refractivity contribution in [2.45, 2.75) is 25.8 Å². The number of rotatable bonds is 3. The van der Waals surface area contributed by atoms with Crippen LogP contribution in [-0.4, -0.2) is 40.2 Å². The predicted octanol–water partition coefficient (Wildman–Crippen LogP) is 2.31. The van der Waals surface area contributed by atoms with Gasteiger partial charge in [0.15, 0.2) is 0 Å². The van der Waals surface area contributed by atoms with E-state index in [1.165, 1.54) is 0 Å². The van der Waals surface area contributed by atoms with Crippen LogP contribution in [0, 0.1) is 16.7 Å². The predicted molar refractivity (Wildman–Crippen MR) is 98.3 cm³/mol. The number of nitrogens with zero attached hydrogens (tertiary/aromatic N) is 5. The fourth-order valence-corrected chi connectivity index (χ4v) is 4.22. The van der Waals surface area contributed by atoms with Crippen molar-refractivity contribution in [3.05, 3.63) is 47.8 Å². The van der Waals surface area contributed by atoms with Crippen molar-refractivity contribution >= 4 is 11.6 Å². The molecule has 1 aromatic heterocycles. The molecule has 6 nitrogen and oxygen atoms in total. The summed E-state index contributed by atoms with van der Waals surface area (Å²) in [7, 11) is 1.87. The number of carbonyl (C=O) groups excluding carboxylic acids is 1. The Bertz CT molecular complexity index is 857. The molecule has 0 unspecified atom stereocenters. The standard InChI is InChI=1S/C20H23N5O/c1-23-15-18(13-22-23)25-10-7-20(19(25)26)5-8-24(9-6-20)14-17-4-2-3-16(11-17)12-21/h2-4,11,13,15H,5-10,14H2,1H3. The van der Waals surface area contributed by atoms with Gasteiger partial charge in [-0.25, -0.2) is 0 Å². The lowest BCUT2D eigenvalue weighted by Gasteiger charge is -2.38. The average Bonchev–Trinajstić information content (AvgIpc) is 3.22. The van der Waals surface area contributed by atoms with E-state index in [0.717, 1.165) is 56.7 Å². The summed E-state index contributed by atoms with van der Waals surface area (Å²) in [5.74, 6) is 0.261. The number of likely N-dealkylation sites (tertiary alicyclic amines) is 1. The van der Waals surface area contributed by atoms with Crippen LogP contribution in [0.3, 0.4) is 0 Å². The van der Waals surface area contributed by atoms with Crippen LogP contribution >= 0.6 is 0 Å². The monoisotopic (exact) mass is 349 g/mol. The molecule has 26 heavy (non-hydrogen) atoms. The van der Waals surface area contributed by atoms with Gasteiger partial charge >= 0.3 is 0 Å². The number of aromatic nitrogens is 2. The number of carbonyl (C=O) groups is 1. The third-order valence-corrected chi connectivity index (χ3v) is 5.79. The Balaban J connectivity index is 1.40. The Labute approximate surface area is 153 Å². The van der Waals surface area contributed by atoms with Crippen molar-refractivity contribution < 1.29 is 4.79 Å². The summed E-state index contributed by atoms with van der Waals surface area (Å²) in [6, 6.07) is 9.98. The molecule has 2 fully saturated rings. The Morgan fingerprint density at radius 2 is 2.00 bits per heavy atom. The van der Waals surface area contributed by atoms with Gasteiger partial charge in [0.05, 0.1) is 28.9 Å². The molecule has 4 rings (SSSR count). The van der Waals surface area contributed by atoms with Crippen molar-refractivity contribution in [1.29, 1.82) is 5.26 Å². The first-order valence-corrected chi connectivity index (χ1v) is 9.12. The highest BCUT2D eigenvalue weighted by atomic mass is 16.2. The van der Waals surface area contributed by atoms with E-state index >= 15 is 0 Å². The third-order valence-electron chi connectivity index (χ3n) is 5.79. The molecule has 0 bridgehead atoms. The quantitative estimate of drug-likeness (QED) is 0.853. The lowest BCUT2D eigenvalue weighted by atomic mass is 9.77. The first-order chi connectivity index (χ1) is 12.6. The van der Waals surface area contributed by atoms with Crippen LogP contribution in [0.15, 0.2) is 36.7 Å². The summed E-state index contributed by atoms with van der Waals surface area (Å²) in [5.41, 5.74) is 2.56. The minimum absolute atomic E-state index is 0.207. The normalized spacial score (nSPS) is 19.8. The van der Waals surface area contributed by atoms with E-state index in [2.05, 4.69) is 22.1 Å². The number of aryl methyl sites for hydroxylation is 1. The lowest BCUT2D eigenvalue weighted by Crippen LogP contribution is -2.44. The zero-order valence-electron chi connectivity index (χ0n) is 15.1. The fourth-order valence-electron chi connectivity index (χ4n) is 4.22. The van der Waals surface area contributed by atoms with Gasteiger partial charge in [-0.1, -0.05) is 12.1 Å². The highest BCUT2D eigenvalue weighted by molar-refractivity contribution is 5.99. The molecule has 6 heteroatoms. The number of hydrogen-bond donors (Lipinski definition) is 0. The van der Waals surface area contributed by atoms with Gasteiger partial charge in [-0.05, 0) is 50.0 Å². The van der Waals surface area contributed by atoms with Crippen molar-refractivity contribution in [3.63, 3.8) is 0 Å². The van der Waals surface area contributed by atoms with E-state index in [4.69, 9.17) is 5.26 Å². The van der Waals surface area contributed by atoms with E-state index in [1.54, 1.807) is 10.9 Å². The maximum atomic E-state index is 13.1. The van der Waals surface area contributed by atoms with Crippen LogP contribution in [0.1, 0.15) is 30.4 Å². The number of benzene rings is 1. The first kappa shape index (κ1) is 16.8. The summed E-state index contributed by atoms with van der Waals surface area (Å²) in [5, 5.41) is 13.2. The van der Waals surface area contributed by atoms with Crippen molar-refractivity contribution in [2.75, 3.05) is 24.5 Å². The molecule has 2 aliphatic heterocycles. The molecule has 0 atom stereocenters. The van der Waals surface area contributed by atoms with Crippen LogP contribution in [0.2, 0.25) is 0 Å². The number of anilines is 1. The van der Waals surface area contributed by atoms with Gasteiger partial charge in [0.2, 0.25) is 5.91 Å². The fraction of sp³-hybridized carbons (Fsp3) is 0.450. The van der Waals surface area contributed by atoms with Crippen LogP contribution in [0.4, 0.5) is 5.69 Å². The van der Waals surface area contributed by atoms with Gasteiger partial charge in [0.25, 0.3) is 0 Å². The minimum Gasteiger partial charge on any atom is -0.309 e. The highest BCUT2D eigenvalue weighted by Crippen LogP contribution is 2.43. The Hall–Kier alpha value is -2.65. The van der Waals surface area contributed by atoms with E-state index < -0.39 is 0 Å². The second kappa shape index (κ2) is 6.58. The molecule has 134 valence electrons. The Kier molecular flexibility index (Phi) is 4.25. The number of nitriles is 1. The molecule has 1 aromatic carbocycles. The van der Waals surface area contributed by atoms with E-state index in [0.29, 0.717) is 5.56 Å². The van der Waals surface area contributed by atoms with Gasteiger partial charge in [-0.3, -0.25) is 14.4 Å². The molecule has 0 aliphatic carbocycles. The van der Waals surface area contributed by atoms with Crippen LogP contribution < -0.4 is 4.90 Å². The zero-order valence-corrected chi connectivity index (χ0v) is 15.1. The summed E-state index contributed by atoms with van der Waals surface area (Å²) in [6.07, 6.45) is 6.42. The van der Waals surface area contributed by atoms with Gasteiger partial charge < -0.3 is 4.90 Å². The molecular formula is C20H23N5O. The lowest BCUT2D eigenvalue weighted by molar-refractivity contribution is -0.128. The topological polar surface area (TPSA) is 65.2 Å². The van der Waals surface area contributed by atoms with Gasteiger partial charge in [0, 0.05) is 26.3 Å². The maximum absolute atomic E-state index is 13.1. The highest BCUT2D eigenvalue weighted by Gasteiger charge is 2.48. The van der Waals surface area contributed by atoms with Crippen LogP contribution in [-0.2, 0) is 18.4 Å². The molecule has 2 aliphatic rings. The Morgan fingerprint density at radius 1 is 1.23 bits per heavy atom. The molecule has 0 radical (unpaired) electrons. The van der Waals surface area contributed by atoms with E-state index in [-0.39, 0.29) is 11.3 Å². The molecule has 2 saturated heterocycles. The summed E-state index contributed by atoms with van der Waals surface area (Å²) in [6.45, 7) is 3.47. The van der Waals surface area contributed by atoms with E-state index in [1.807, 2.05) is 36.3 Å². The smallest absolute Gasteiger partial charge is 0.233 e. The third kappa shape index (κ3) is 2.99. The number of amides is 1. The average molecular weight is 349 g/mol. The molecule has 0 saturated carbocycles. The zero-order chi connectivity index (χ0) is 18.1. The summed E-state index contributed by atoms with van der Waals surface area (Å²) < 4.78 is 1.74.